The van der Waals surface area contributed by atoms with Gasteiger partial charge in [0.1, 0.15) is 29.6 Å². The number of aliphatic hydroxyl groups is 1. The molecule has 7 nitrogen and oxygen atoms in total. The van der Waals surface area contributed by atoms with Crippen LogP contribution in [0.2, 0.25) is 10.0 Å². The Hall–Kier alpha value is -2.13. The Morgan fingerprint density at radius 1 is 1.40 bits per heavy atom. The Labute approximate surface area is 182 Å². The number of anilines is 2. The van der Waals surface area contributed by atoms with E-state index in [9.17, 15) is 14.3 Å². The lowest BCUT2D eigenvalue weighted by Gasteiger charge is -2.43. The van der Waals surface area contributed by atoms with Crippen molar-refractivity contribution in [3.63, 3.8) is 0 Å². The number of nitrogens with zero attached hydrogens (tertiary/aromatic N) is 2. The average molecular weight is 455 g/mol. The van der Waals surface area contributed by atoms with E-state index in [1.807, 2.05) is 4.90 Å². The zero-order valence-electron chi connectivity index (χ0n) is 16.0. The molecule has 2 atom stereocenters. The maximum absolute atomic E-state index is 14.0. The lowest BCUT2D eigenvalue weighted by Crippen LogP contribution is -2.62. The van der Waals surface area contributed by atoms with Crippen molar-refractivity contribution in [2.24, 2.45) is 5.73 Å². The highest BCUT2D eigenvalue weighted by molar-refractivity contribution is 6.36. The summed E-state index contributed by atoms with van der Waals surface area (Å²) in [6.07, 6.45) is 2.46. The minimum atomic E-state index is -1.28. The molecule has 2 aromatic rings. The molecule has 4 N–H and O–H groups in total. The fourth-order valence-corrected chi connectivity index (χ4v) is 4.29. The summed E-state index contributed by atoms with van der Waals surface area (Å²) >= 11 is 12.1. The van der Waals surface area contributed by atoms with Gasteiger partial charge in [-0.3, -0.25) is 4.79 Å². The third-order valence-electron chi connectivity index (χ3n) is 5.57. The van der Waals surface area contributed by atoms with Crippen LogP contribution >= 0.6 is 23.2 Å². The van der Waals surface area contributed by atoms with Gasteiger partial charge in [-0.25, -0.2) is 9.37 Å². The van der Waals surface area contributed by atoms with Crippen LogP contribution in [-0.2, 0) is 11.2 Å². The number of piperidine rings is 1. The monoisotopic (exact) mass is 454 g/mol. The number of pyridine rings is 1. The molecule has 3 heterocycles. The van der Waals surface area contributed by atoms with Crippen LogP contribution < -0.4 is 20.7 Å². The second-order valence-corrected chi connectivity index (χ2v) is 8.44. The lowest BCUT2D eigenvalue weighted by atomic mass is 9.87. The minimum Gasteiger partial charge on any atom is -0.490 e. The zero-order valence-corrected chi connectivity index (χ0v) is 17.5. The smallest absolute Gasteiger partial charge is 0.224 e. The molecule has 0 spiro atoms. The van der Waals surface area contributed by atoms with E-state index in [2.05, 4.69) is 10.3 Å². The Bertz CT molecular complexity index is 993. The summed E-state index contributed by atoms with van der Waals surface area (Å²) in [6.45, 7) is 0.737. The fourth-order valence-electron chi connectivity index (χ4n) is 3.79. The molecular formula is C20H21Cl2FN4O3. The molecule has 2 aliphatic rings. The quantitative estimate of drug-likeness (QED) is 0.656. The number of fused-ring (bicyclic) bond motifs is 1. The fraction of sp³-hybridized carbons (Fsp3) is 0.400. The highest BCUT2D eigenvalue weighted by atomic mass is 35.5. The summed E-state index contributed by atoms with van der Waals surface area (Å²) in [4.78, 5) is 17.7. The van der Waals surface area contributed by atoms with Crippen LogP contribution in [0.1, 0.15) is 18.4 Å². The molecule has 2 aliphatic heterocycles. The van der Waals surface area contributed by atoms with Crippen molar-refractivity contribution in [3.05, 3.63) is 45.8 Å². The third kappa shape index (κ3) is 4.05. The number of carbonyl (C=O) groups excluding carboxylic acids is 1. The van der Waals surface area contributed by atoms with Crippen LogP contribution in [0.25, 0.3) is 0 Å². The van der Waals surface area contributed by atoms with Gasteiger partial charge in [-0.15, -0.1) is 0 Å². The van der Waals surface area contributed by atoms with Crippen LogP contribution in [0.4, 0.5) is 15.9 Å². The highest BCUT2D eigenvalue weighted by Gasteiger charge is 2.41. The number of hydrogen-bond acceptors (Lipinski definition) is 6. The second kappa shape index (κ2) is 8.19. The Morgan fingerprint density at radius 3 is 2.93 bits per heavy atom. The van der Waals surface area contributed by atoms with Gasteiger partial charge in [-0.05, 0) is 31.0 Å². The summed E-state index contributed by atoms with van der Waals surface area (Å²) in [6, 6.07) is 3.72. The number of nitrogens with one attached hydrogen (secondary N) is 1. The largest absolute Gasteiger partial charge is 0.490 e. The number of carbonyl (C=O) groups is 1. The van der Waals surface area contributed by atoms with E-state index in [0.29, 0.717) is 53.1 Å². The average Bonchev–Trinajstić information content (AvgIpc) is 2.70. The Balaban J connectivity index is 1.46. The van der Waals surface area contributed by atoms with Crippen molar-refractivity contribution in [2.75, 3.05) is 29.9 Å². The Kier molecular flexibility index (Phi) is 5.76. The number of ether oxygens (including phenoxy) is 1. The van der Waals surface area contributed by atoms with Gasteiger partial charge in [0.25, 0.3) is 0 Å². The standard InChI is InChI=1S/C20H21Cl2FN4O3/c21-11-7-13(22)19(25-8-11)27-6-5-20(29,16(24)9-27)10-30-15-3-2-14(23)18-12(15)1-4-17(28)26-18/h2-3,7-8,16,29H,1,4-6,9-10,24H2,(H,26,28)/t16-,20+/m1/s1. The van der Waals surface area contributed by atoms with E-state index < -0.39 is 17.5 Å². The summed E-state index contributed by atoms with van der Waals surface area (Å²) in [5.41, 5.74) is 5.72. The molecule has 4 rings (SSSR count). The zero-order chi connectivity index (χ0) is 21.5. The first-order valence-electron chi connectivity index (χ1n) is 9.55. The molecule has 1 aromatic heterocycles. The first-order valence-corrected chi connectivity index (χ1v) is 10.3. The topological polar surface area (TPSA) is 101 Å². The van der Waals surface area contributed by atoms with Gasteiger partial charge in [0.2, 0.25) is 5.91 Å². The molecule has 1 amide bonds. The van der Waals surface area contributed by atoms with Gasteiger partial charge in [0, 0.05) is 31.3 Å². The van der Waals surface area contributed by atoms with Crippen molar-refractivity contribution < 1.29 is 19.0 Å². The van der Waals surface area contributed by atoms with Crippen molar-refractivity contribution in [1.82, 2.24) is 4.98 Å². The molecular weight excluding hydrogens is 434 g/mol. The van der Waals surface area contributed by atoms with Crippen molar-refractivity contribution >= 4 is 40.6 Å². The van der Waals surface area contributed by atoms with E-state index in [0.717, 1.165) is 0 Å². The first-order chi connectivity index (χ1) is 14.3. The first kappa shape index (κ1) is 21.1. The molecule has 1 saturated heterocycles. The normalized spacial score (nSPS) is 23.7. The number of amides is 1. The minimum absolute atomic E-state index is 0.0597. The van der Waals surface area contributed by atoms with Gasteiger partial charge in [-0.2, -0.15) is 0 Å². The van der Waals surface area contributed by atoms with Gasteiger partial charge in [-0.1, -0.05) is 23.2 Å². The predicted molar refractivity (Wildman–Crippen MR) is 113 cm³/mol. The highest BCUT2D eigenvalue weighted by Crippen LogP contribution is 2.35. The lowest BCUT2D eigenvalue weighted by molar-refractivity contribution is -0.116. The van der Waals surface area contributed by atoms with Crippen molar-refractivity contribution in [3.8, 4) is 5.75 Å². The molecule has 160 valence electrons. The van der Waals surface area contributed by atoms with Crippen LogP contribution in [0.3, 0.4) is 0 Å². The van der Waals surface area contributed by atoms with Crippen LogP contribution in [0.15, 0.2) is 24.4 Å². The van der Waals surface area contributed by atoms with Crippen LogP contribution in [0.5, 0.6) is 5.75 Å². The number of halogens is 3. The summed E-state index contributed by atoms with van der Waals surface area (Å²) in [5, 5.41) is 14.5. The van der Waals surface area contributed by atoms with E-state index >= 15 is 0 Å². The van der Waals surface area contributed by atoms with Gasteiger partial charge >= 0.3 is 0 Å². The molecule has 10 heteroatoms. The molecule has 0 radical (unpaired) electrons. The summed E-state index contributed by atoms with van der Waals surface area (Å²) < 4.78 is 19.9. The predicted octanol–water partition coefficient (Wildman–Crippen LogP) is 2.76. The molecule has 0 saturated carbocycles. The third-order valence-corrected chi connectivity index (χ3v) is 6.06. The van der Waals surface area contributed by atoms with Gasteiger partial charge in [0.05, 0.1) is 21.8 Å². The molecule has 0 unspecified atom stereocenters. The second-order valence-electron chi connectivity index (χ2n) is 7.60. The Morgan fingerprint density at radius 2 is 2.20 bits per heavy atom. The van der Waals surface area contributed by atoms with E-state index in [4.69, 9.17) is 33.7 Å². The van der Waals surface area contributed by atoms with Gasteiger partial charge < -0.3 is 25.8 Å². The maximum atomic E-state index is 14.0. The summed E-state index contributed by atoms with van der Waals surface area (Å²) in [5.74, 6) is 0.238. The SMILES string of the molecule is N[C@@H]1CN(c2ncc(Cl)cc2Cl)CC[C@]1(O)COc1ccc(F)c2c1CCC(=O)N2. The summed E-state index contributed by atoms with van der Waals surface area (Å²) in [7, 11) is 0. The van der Waals surface area contributed by atoms with E-state index in [1.54, 1.807) is 6.07 Å². The molecule has 30 heavy (non-hydrogen) atoms. The molecule has 1 fully saturated rings. The van der Waals surface area contributed by atoms with Gasteiger partial charge in [0.15, 0.2) is 0 Å². The number of aromatic nitrogens is 1. The molecule has 0 aliphatic carbocycles. The van der Waals surface area contributed by atoms with Crippen LogP contribution in [0, 0.1) is 5.82 Å². The van der Waals surface area contributed by atoms with E-state index in [-0.39, 0.29) is 24.6 Å². The molecule has 1 aromatic carbocycles. The number of hydrogen-bond donors (Lipinski definition) is 3. The van der Waals surface area contributed by atoms with Crippen LogP contribution in [-0.4, -0.2) is 47.3 Å². The molecule has 0 bridgehead atoms. The van der Waals surface area contributed by atoms with Crippen molar-refractivity contribution in [2.45, 2.75) is 30.9 Å². The maximum Gasteiger partial charge on any atom is 0.224 e. The number of benzene rings is 1. The van der Waals surface area contributed by atoms with E-state index in [1.165, 1.54) is 18.3 Å². The van der Waals surface area contributed by atoms with Crippen molar-refractivity contribution in [1.29, 1.82) is 0 Å². The number of nitrogens with two attached hydrogens (primary N) is 1. The number of rotatable bonds is 4.